The van der Waals surface area contributed by atoms with Crippen molar-refractivity contribution >= 4 is 11.8 Å². The van der Waals surface area contributed by atoms with Crippen LogP contribution in [0.3, 0.4) is 0 Å². The molecule has 0 saturated heterocycles. The van der Waals surface area contributed by atoms with Crippen LogP contribution < -0.4 is 10.6 Å². The van der Waals surface area contributed by atoms with Gasteiger partial charge in [-0.25, -0.2) is 9.48 Å². The van der Waals surface area contributed by atoms with Crippen molar-refractivity contribution in [1.82, 2.24) is 15.1 Å². The lowest BCUT2D eigenvalue weighted by Gasteiger charge is -2.23. The number of anilines is 1. The molecule has 2 rings (SSSR count). The number of hydrogen-bond acceptors (Lipinski definition) is 3. The van der Waals surface area contributed by atoms with E-state index in [-0.39, 0.29) is 29.6 Å². The molecule has 0 unspecified atom stereocenters. The van der Waals surface area contributed by atoms with E-state index in [1.807, 2.05) is 10.7 Å². The number of urea groups is 1. The number of aliphatic hydroxyl groups is 1. The van der Waals surface area contributed by atoms with E-state index < -0.39 is 0 Å². The first-order valence-corrected chi connectivity index (χ1v) is 8.82. The SMILES string of the molecule is CC(C)(C)c1cc(NC(=O)N[C@@H](CCO)C2CC2)n(C(C)(C)C)n1. The first kappa shape index (κ1) is 18.8. The van der Waals surface area contributed by atoms with Crippen molar-refractivity contribution in [3.05, 3.63) is 11.8 Å². The zero-order chi connectivity index (χ0) is 18.1. The summed E-state index contributed by atoms with van der Waals surface area (Å²) in [6.07, 6.45) is 2.85. The number of aromatic nitrogens is 2. The molecule has 1 fully saturated rings. The quantitative estimate of drug-likeness (QED) is 0.772. The van der Waals surface area contributed by atoms with E-state index in [2.05, 4.69) is 52.2 Å². The van der Waals surface area contributed by atoms with Crippen molar-refractivity contribution in [1.29, 1.82) is 0 Å². The summed E-state index contributed by atoms with van der Waals surface area (Å²) < 4.78 is 1.87. The molecule has 1 aliphatic carbocycles. The average molecular weight is 336 g/mol. The largest absolute Gasteiger partial charge is 0.396 e. The van der Waals surface area contributed by atoms with Crippen LogP contribution in [0, 0.1) is 5.92 Å². The summed E-state index contributed by atoms with van der Waals surface area (Å²) in [7, 11) is 0. The van der Waals surface area contributed by atoms with Gasteiger partial charge in [-0.05, 0) is 46.0 Å². The molecular weight excluding hydrogens is 304 g/mol. The summed E-state index contributed by atoms with van der Waals surface area (Å²) in [5, 5.41) is 19.8. The molecule has 1 aromatic rings. The predicted molar refractivity (Wildman–Crippen MR) is 96.3 cm³/mol. The maximum atomic E-state index is 12.4. The van der Waals surface area contributed by atoms with E-state index in [0.717, 1.165) is 18.5 Å². The standard InChI is InChI=1S/C18H32N4O2/c1-17(2,3)14-11-15(22(21-14)18(4,5)6)20-16(24)19-13(9-10-23)12-7-8-12/h11-13,23H,7-10H2,1-6H3,(H2,19,20,24)/t13-/m0/s1. The molecule has 3 N–H and O–H groups in total. The maximum Gasteiger partial charge on any atom is 0.320 e. The molecule has 0 spiro atoms. The van der Waals surface area contributed by atoms with Crippen molar-refractivity contribution in [2.24, 2.45) is 5.92 Å². The highest BCUT2D eigenvalue weighted by Gasteiger charge is 2.32. The second-order valence-corrected chi connectivity index (χ2v) is 8.80. The zero-order valence-corrected chi connectivity index (χ0v) is 15.8. The van der Waals surface area contributed by atoms with Crippen LogP contribution >= 0.6 is 0 Å². The topological polar surface area (TPSA) is 79.2 Å². The Morgan fingerprint density at radius 2 is 1.96 bits per heavy atom. The monoisotopic (exact) mass is 336 g/mol. The Kier molecular flexibility index (Phi) is 5.28. The van der Waals surface area contributed by atoms with Gasteiger partial charge in [-0.1, -0.05) is 20.8 Å². The van der Waals surface area contributed by atoms with E-state index in [1.54, 1.807) is 0 Å². The van der Waals surface area contributed by atoms with Crippen LogP contribution in [0.25, 0.3) is 0 Å². The van der Waals surface area contributed by atoms with E-state index >= 15 is 0 Å². The van der Waals surface area contributed by atoms with Crippen LogP contribution in [0.1, 0.15) is 66.5 Å². The fraction of sp³-hybridized carbons (Fsp3) is 0.778. The molecule has 1 atom stereocenters. The Morgan fingerprint density at radius 1 is 1.33 bits per heavy atom. The molecule has 0 aromatic carbocycles. The Bertz CT molecular complexity index is 577. The van der Waals surface area contributed by atoms with Gasteiger partial charge in [0, 0.05) is 24.1 Å². The van der Waals surface area contributed by atoms with Crippen LogP contribution in [0.4, 0.5) is 10.6 Å². The minimum atomic E-state index is -0.230. The fourth-order valence-electron chi connectivity index (χ4n) is 2.73. The fourth-order valence-corrected chi connectivity index (χ4v) is 2.73. The smallest absolute Gasteiger partial charge is 0.320 e. The normalized spacial score (nSPS) is 16.8. The molecule has 0 bridgehead atoms. The van der Waals surface area contributed by atoms with Crippen molar-refractivity contribution in [3.8, 4) is 0 Å². The molecule has 136 valence electrons. The minimum Gasteiger partial charge on any atom is -0.396 e. The van der Waals surface area contributed by atoms with Crippen LogP contribution in [-0.4, -0.2) is 33.6 Å². The Hall–Kier alpha value is -1.56. The lowest BCUT2D eigenvalue weighted by molar-refractivity contribution is 0.234. The van der Waals surface area contributed by atoms with E-state index in [9.17, 15) is 9.90 Å². The van der Waals surface area contributed by atoms with Gasteiger partial charge in [-0.15, -0.1) is 0 Å². The van der Waals surface area contributed by atoms with E-state index in [1.165, 1.54) is 0 Å². The third-order valence-corrected chi connectivity index (χ3v) is 4.30. The summed E-state index contributed by atoms with van der Waals surface area (Å²) in [6.45, 7) is 12.6. The summed E-state index contributed by atoms with van der Waals surface area (Å²) in [5.74, 6) is 1.20. The van der Waals surface area contributed by atoms with Crippen molar-refractivity contribution in [3.63, 3.8) is 0 Å². The summed E-state index contributed by atoms with van der Waals surface area (Å²) in [5.41, 5.74) is 0.631. The molecule has 1 aromatic heterocycles. The molecule has 0 radical (unpaired) electrons. The summed E-state index contributed by atoms with van der Waals surface area (Å²) in [6, 6.07) is 1.76. The van der Waals surface area contributed by atoms with Crippen molar-refractivity contribution in [2.45, 2.75) is 77.8 Å². The van der Waals surface area contributed by atoms with Gasteiger partial charge in [0.05, 0.1) is 11.2 Å². The first-order valence-electron chi connectivity index (χ1n) is 8.82. The number of nitrogens with one attached hydrogen (secondary N) is 2. The second-order valence-electron chi connectivity index (χ2n) is 8.80. The van der Waals surface area contributed by atoms with Crippen molar-refractivity contribution < 1.29 is 9.90 Å². The molecule has 2 amide bonds. The van der Waals surface area contributed by atoms with Gasteiger partial charge < -0.3 is 10.4 Å². The number of aliphatic hydroxyl groups excluding tert-OH is 1. The lowest BCUT2D eigenvalue weighted by Crippen LogP contribution is -2.40. The lowest BCUT2D eigenvalue weighted by atomic mass is 9.92. The Morgan fingerprint density at radius 3 is 2.42 bits per heavy atom. The number of rotatable bonds is 5. The zero-order valence-electron chi connectivity index (χ0n) is 15.8. The minimum absolute atomic E-state index is 0.0445. The predicted octanol–water partition coefficient (Wildman–Crippen LogP) is 3.22. The molecule has 0 aliphatic heterocycles. The summed E-state index contributed by atoms with van der Waals surface area (Å²) >= 11 is 0. The van der Waals surface area contributed by atoms with Crippen LogP contribution in [0.2, 0.25) is 0 Å². The molecule has 1 saturated carbocycles. The Balaban J connectivity index is 2.15. The van der Waals surface area contributed by atoms with Crippen LogP contribution in [-0.2, 0) is 11.0 Å². The molecule has 1 aliphatic rings. The third kappa shape index (κ3) is 4.72. The number of amides is 2. The highest BCUT2D eigenvalue weighted by Crippen LogP contribution is 2.34. The van der Waals surface area contributed by atoms with Crippen LogP contribution in [0.15, 0.2) is 6.07 Å². The highest BCUT2D eigenvalue weighted by atomic mass is 16.3. The molecule has 6 heteroatoms. The van der Waals surface area contributed by atoms with Gasteiger partial charge in [0.2, 0.25) is 0 Å². The van der Waals surface area contributed by atoms with E-state index in [0.29, 0.717) is 18.2 Å². The Labute approximate surface area is 145 Å². The van der Waals surface area contributed by atoms with Gasteiger partial charge in [-0.2, -0.15) is 5.10 Å². The first-order chi connectivity index (χ1) is 11.0. The number of carbonyl (C=O) groups excluding carboxylic acids is 1. The van der Waals surface area contributed by atoms with Crippen LogP contribution in [0.5, 0.6) is 0 Å². The second kappa shape index (κ2) is 6.75. The molecule has 1 heterocycles. The summed E-state index contributed by atoms with van der Waals surface area (Å²) in [4.78, 5) is 12.4. The molecular formula is C18H32N4O2. The third-order valence-electron chi connectivity index (χ3n) is 4.30. The van der Waals surface area contributed by atoms with Gasteiger partial charge in [0.25, 0.3) is 0 Å². The highest BCUT2D eigenvalue weighted by molar-refractivity contribution is 5.88. The van der Waals surface area contributed by atoms with E-state index in [4.69, 9.17) is 5.10 Å². The maximum absolute atomic E-state index is 12.4. The van der Waals surface area contributed by atoms with Gasteiger partial charge in [0.15, 0.2) is 0 Å². The number of carbonyl (C=O) groups is 1. The average Bonchev–Trinajstić information content (AvgIpc) is 3.16. The molecule has 24 heavy (non-hydrogen) atoms. The van der Waals surface area contributed by atoms with Crippen molar-refractivity contribution in [2.75, 3.05) is 11.9 Å². The van der Waals surface area contributed by atoms with Gasteiger partial charge in [0.1, 0.15) is 5.82 Å². The number of hydrogen-bond donors (Lipinski definition) is 3. The number of nitrogens with zero attached hydrogens (tertiary/aromatic N) is 2. The van der Waals surface area contributed by atoms with Gasteiger partial charge >= 0.3 is 6.03 Å². The molecule has 6 nitrogen and oxygen atoms in total. The van der Waals surface area contributed by atoms with Gasteiger partial charge in [-0.3, -0.25) is 5.32 Å².